The molecule has 4 rings (SSSR count). The first-order valence-corrected chi connectivity index (χ1v) is 9.16. The van der Waals surface area contributed by atoms with Gasteiger partial charge >= 0.3 is 0 Å². The normalized spacial score (nSPS) is 16.6. The van der Waals surface area contributed by atoms with Gasteiger partial charge in [0.15, 0.2) is 5.76 Å². The maximum absolute atomic E-state index is 12.5. The van der Waals surface area contributed by atoms with Crippen LogP contribution in [0.1, 0.15) is 23.2 Å². The van der Waals surface area contributed by atoms with Crippen molar-refractivity contribution in [2.24, 2.45) is 5.92 Å². The number of nitrogens with one attached hydrogen (secondary N) is 1. The summed E-state index contributed by atoms with van der Waals surface area (Å²) in [5.74, 6) is 0.499. The Labute approximate surface area is 162 Å². The zero-order valence-electron chi connectivity index (χ0n) is 15.8. The molecule has 1 atom stereocenters. The van der Waals surface area contributed by atoms with Gasteiger partial charge in [-0.15, -0.1) is 0 Å². The van der Waals surface area contributed by atoms with Gasteiger partial charge in [-0.1, -0.05) is 11.2 Å². The van der Waals surface area contributed by atoms with Gasteiger partial charge in [0.05, 0.1) is 18.7 Å². The molecule has 1 aromatic carbocycles. The molecule has 1 saturated heterocycles. The fourth-order valence-corrected chi connectivity index (χ4v) is 3.28. The van der Waals surface area contributed by atoms with Crippen LogP contribution in [0.5, 0.6) is 0 Å². The number of benzene rings is 1. The monoisotopic (exact) mass is 379 g/mol. The molecule has 0 saturated carbocycles. The first-order chi connectivity index (χ1) is 13.5. The smallest absolute Gasteiger partial charge is 0.227 e. The van der Waals surface area contributed by atoms with E-state index in [0.717, 1.165) is 11.3 Å². The maximum Gasteiger partial charge on any atom is 0.227 e. The summed E-state index contributed by atoms with van der Waals surface area (Å²) >= 11 is 0. The number of carbonyl (C=O) groups is 2. The van der Waals surface area contributed by atoms with Crippen LogP contribution < -0.4 is 10.2 Å². The van der Waals surface area contributed by atoms with Crippen molar-refractivity contribution >= 4 is 17.5 Å². The summed E-state index contributed by atoms with van der Waals surface area (Å²) in [7, 11) is 0. The molecule has 1 fully saturated rings. The molecule has 0 unspecified atom stereocenters. The van der Waals surface area contributed by atoms with Gasteiger partial charge in [0.2, 0.25) is 17.6 Å². The van der Waals surface area contributed by atoms with Gasteiger partial charge in [0, 0.05) is 24.7 Å². The molecule has 3 heterocycles. The molecule has 7 heteroatoms. The van der Waals surface area contributed by atoms with Gasteiger partial charge in [0.25, 0.3) is 0 Å². The molecule has 7 nitrogen and oxygen atoms in total. The molecule has 3 aromatic rings. The summed E-state index contributed by atoms with van der Waals surface area (Å²) in [4.78, 5) is 26.6. The van der Waals surface area contributed by atoms with Gasteiger partial charge in [-0.2, -0.15) is 0 Å². The molecule has 0 spiro atoms. The van der Waals surface area contributed by atoms with Crippen LogP contribution in [0, 0.1) is 19.8 Å². The molecule has 2 amide bonds. The van der Waals surface area contributed by atoms with Crippen LogP contribution in [0.2, 0.25) is 0 Å². The average molecular weight is 379 g/mol. The van der Waals surface area contributed by atoms with E-state index in [1.54, 1.807) is 29.4 Å². The Balaban J connectivity index is 1.36. The second-order valence-corrected chi connectivity index (χ2v) is 7.05. The maximum atomic E-state index is 12.5. The number of hydrogen-bond acceptors (Lipinski definition) is 5. The minimum absolute atomic E-state index is 0.0371. The quantitative estimate of drug-likeness (QED) is 0.735. The van der Waals surface area contributed by atoms with Gasteiger partial charge < -0.3 is 19.2 Å². The SMILES string of the molecule is Cc1ccc(N2C[C@@H](C(=O)NCc3cc(-c4ccco4)on3)CC2=O)cc1C. The third-order valence-electron chi connectivity index (χ3n) is 5.06. The van der Waals surface area contributed by atoms with Crippen molar-refractivity contribution in [2.75, 3.05) is 11.4 Å². The van der Waals surface area contributed by atoms with Gasteiger partial charge in [-0.05, 0) is 49.2 Å². The molecule has 1 N–H and O–H groups in total. The van der Waals surface area contributed by atoms with Crippen LogP contribution in [0.3, 0.4) is 0 Å². The Morgan fingerprint density at radius 1 is 1.21 bits per heavy atom. The van der Waals surface area contributed by atoms with E-state index >= 15 is 0 Å². The van der Waals surface area contributed by atoms with Crippen molar-refractivity contribution in [1.82, 2.24) is 10.5 Å². The molecular formula is C21H21N3O4. The summed E-state index contributed by atoms with van der Waals surface area (Å²) in [6, 6.07) is 11.2. The van der Waals surface area contributed by atoms with Crippen LogP contribution in [-0.4, -0.2) is 23.5 Å². The first-order valence-electron chi connectivity index (χ1n) is 9.16. The fourth-order valence-electron chi connectivity index (χ4n) is 3.28. The van der Waals surface area contributed by atoms with Crippen LogP contribution in [-0.2, 0) is 16.1 Å². The highest BCUT2D eigenvalue weighted by Gasteiger charge is 2.35. The second-order valence-electron chi connectivity index (χ2n) is 7.05. The lowest BCUT2D eigenvalue weighted by Gasteiger charge is -2.18. The lowest BCUT2D eigenvalue weighted by Crippen LogP contribution is -2.32. The largest absolute Gasteiger partial charge is 0.461 e. The first kappa shape index (κ1) is 18.0. The van der Waals surface area contributed by atoms with E-state index in [4.69, 9.17) is 8.94 Å². The fraction of sp³-hybridized carbons (Fsp3) is 0.286. The second kappa shape index (κ2) is 7.34. The number of carbonyl (C=O) groups excluding carboxylic acids is 2. The summed E-state index contributed by atoms with van der Waals surface area (Å²) in [5.41, 5.74) is 3.72. The van der Waals surface area contributed by atoms with Crippen LogP contribution in [0.25, 0.3) is 11.5 Å². The number of aryl methyl sites for hydroxylation is 2. The molecule has 144 valence electrons. The Morgan fingerprint density at radius 3 is 2.82 bits per heavy atom. The lowest BCUT2D eigenvalue weighted by atomic mass is 10.1. The molecule has 2 aromatic heterocycles. The van der Waals surface area contributed by atoms with E-state index < -0.39 is 0 Å². The minimum atomic E-state index is -0.384. The average Bonchev–Trinajstić information content (AvgIpc) is 3.42. The van der Waals surface area contributed by atoms with Gasteiger partial charge in [0.1, 0.15) is 5.69 Å². The van der Waals surface area contributed by atoms with Gasteiger partial charge in [-0.3, -0.25) is 9.59 Å². The summed E-state index contributed by atoms with van der Waals surface area (Å²) in [6.07, 6.45) is 1.76. The Hall–Kier alpha value is -3.35. The third kappa shape index (κ3) is 3.55. The van der Waals surface area contributed by atoms with E-state index in [-0.39, 0.29) is 30.7 Å². The Bertz CT molecular complexity index is 1010. The molecule has 0 bridgehead atoms. The number of rotatable bonds is 5. The van der Waals surface area contributed by atoms with E-state index in [1.165, 1.54) is 5.56 Å². The number of furan rings is 1. The van der Waals surface area contributed by atoms with E-state index in [2.05, 4.69) is 10.5 Å². The Kier molecular flexibility index (Phi) is 4.73. The zero-order chi connectivity index (χ0) is 19.7. The zero-order valence-corrected chi connectivity index (χ0v) is 15.8. The highest BCUT2D eigenvalue weighted by atomic mass is 16.5. The van der Waals surface area contributed by atoms with Gasteiger partial charge in [-0.25, -0.2) is 0 Å². The number of nitrogens with zero attached hydrogens (tertiary/aromatic N) is 2. The Morgan fingerprint density at radius 2 is 2.07 bits per heavy atom. The minimum Gasteiger partial charge on any atom is -0.461 e. The summed E-state index contributed by atoms with van der Waals surface area (Å²) in [5, 5.41) is 6.78. The van der Waals surface area contributed by atoms with Crippen molar-refractivity contribution in [3.8, 4) is 11.5 Å². The van der Waals surface area contributed by atoms with Crippen LogP contribution in [0.4, 0.5) is 5.69 Å². The molecule has 1 aliphatic rings. The van der Waals surface area contributed by atoms with Crippen molar-refractivity contribution < 1.29 is 18.5 Å². The number of anilines is 1. The summed E-state index contributed by atoms with van der Waals surface area (Å²) in [6.45, 7) is 4.65. The third-order valence-corrected chi connectivity index (χ3v) is 5.06. The van der Waals surface area contributed by atoms with Crippen molar-refractivity contribution in [2.45, 2.75) is 26.8 Å². The number of aromatic nitrogens is 1. The number of amides is 2. The topological polar surface area (TPSA) is 88.6 Å². The van der Waals surface area contributed by atoms with Crippen molar-refractivity contribution in [3.05, 3.63) is 59.5 Å². The van der Waals surface area contributed by atoms with Crippen molar-refractivity contribution in [1.29, 1.82) is 0 Å². The predicted molar refractivity (Wildman–Crippen MR) is 102 cm³/mol. The molecule has 28 heavy (non-hydrogen) atoms. The molecule has 1 aliphatic heterocycles. The van der Waals surface area contributed by atoms with Crippen molar-refractivity contribution in [3.63, 3.8) is 0 Å². The predicted octanol–water partition coefficient (Wildman–Crippen LogP) is 3.22. The molecule has 0 aliphatic carbocycles. The molecular weight excluding hydrogens is 358 g/mol. The highest BCUT2D eigenvalue weighted by Crippen LogP contribution is 2.27. The van der Waals surface area contributed by atoms with Crippen LogP contribution in [0.15, 0.2) is 51.6 Å². The van der Waals surface area contributed by atoms with E-state index in [0.29, 0.717) is 23.8 Å². The van der Waals surface area contributed by atoms with Crippen LogP contribution >= 0.6 is 0 Å². The summed E-state index contributed by atoms with van der Waals surface area (Å²) < 4.78 is 10.5. The van der Waals surface area contributed by atoms with E-state index in [9.17, 15) is 9.59 Å². The lowest BCUT2D eigenvalue weighted by molar-refractivity contribution is -0.126. The highest BCUT2D eigenvalue weighted by molar-refractivity contribution is 6.00. The van der Waals surface area contributed by atoms with E-state index in [1.807, 2.05) is 32.0 Å². The number of hydrogen-bond donors (Lipinski definition) is 1. The molecule has 0 radical (unpaired) electrons. The standard InChI is InChI=1S/C21H21N3O4/c1-13-5-6-17(8-14(13)2)24-12-15(9-20(24)25)21(26)22-11-16-10-19(28-23-16)18-4-3-7-27-18/h3-8,10,15H,9,11-12H2,1-2H3,(H,22,26)/t15-/m0/s1.